The highest BCUT2D eigenvalue weighted by Crippen LogP contribution is 2.26. The van der Waals surface area contributed by atoms with Gasteiger partial charge in [0.2, 0.25) is 0 Å². The van der Waals surface area contributed by atoms with Crippen molar-refractivity contribution in [2.45, 2.75) is 13.1 Å². The minimum Gasteiger partial charge on any atom is -0.332 e. The number of aromatic nitrogens is 1. The minimum absolute atomic E-state index is 0.00344. The largest absolute Gasteiger partial charge is 0.332 e. The number of rotatable bonds is 4. The fourth-order valence-corrected chi connectivity index (χ4v) is 4.24. The zero-order chi connectivity index (χ0) is 17.8. The van der Waals surface area contributed by atoms with Gasteiger partial charge in [-0.1, -0.05) is 24.3 Å². The summed E-state index contributed by atoms with van der Waals surface area (Å²) in [5.41, 5.74) is 2.27. The minimum atomic E-state index is -0.00344. The maximum absolute atomic E-state index is 12.3. The average Bonchev–Trinajstić information content (AvgIpc) is 3.10. The molecule has 3 aromatic rings. The number of carbonyl (C=O) groups excluding carboxylic acids is 1. The molecule has 5 nitrogen and oxygen atoms in total. The molecule has 0 radical (unpaired) electrons. The van der Waals surface area contributed by atoms with E-state index in [9.17, 15) is 4.79 Å². The van der Waals surface area contributed by atoms with Gasteiger partial charge in [0.05, 0.1) is 12.2 Å². The Morgan fingerprint density at radius 2 is 1.88 bits per heavy atom. The SMILES string of the molecule is O=C(NCc1ccccn1)N1CCN(Cc2csc3ccccc23)CC1. The van der Waals surface area contributed by atoms with Gasteiger partial charge in [-0.15, -0.1) is 11.3 Å². The number of piperazine rings is 1. The second kappa shape index (κ2) is 7.85. The zero-order valence-electron chi connectivity index (χ0n) is 14.6. The molecule has 0 unspecified atom stereocenters. The Labute approximate surface area is 157 Å². The van der Waals surface area contributed by atoms with E-state index in [1.807, 2.05) is 23.1 Å². The van der Waals surface area contributed by atoms with Gasteiger partial charge >= 0.3 is 6.03 Å². The number of carbonyl (C=O) groups is 1. The van der Waals surface area contributed by atoms with Crippen molar-refractivity contribution < 1.29 is 4.79 Å². The number of urea groups is 1. The van der Waals surface area contributed by atoms with Crippen molar-refractivity contribution in [2.75, 3.05) is 26.2 Å². The van der Waals surface area contributed by atoms with Crippen LogP contribution in [0.3, 0.4) is 0 Å². The van der Waals surface area contributed by atoms with E-state index < -0.39 is 0 Å². The van der Waals surface area contributed by atoms with E-state index >= 15 is 0 Å². The van der Waals surface area contributed by atoms with Crippen LogP contribution in [0.15, 0.2) is 54.0 Å². The molecule has 0 bridgehead atoms. The molecule has 3 heterocycles. The normalized spacial score (nSPS) is 15.3. The number of thiophene rings is 1. The fraction of sp³-hybridized carbons (Fsp3) is 0.300. The molecule has 2 aromatic heterocycles. The summed E-state index contributed by atoms with van der Waals surface area (Å²) in [5.74, 6) is 0. The zero-order valence-corrected chi connectivity index (χ0v) is 15.4. The van der Waals surface area contributed by atoms with E-state index in [1.54, 1.807) is 17.5 Å². The third-order valence-electron chi connectivity index (χ3n) is 4.76. The van der Waals surface area contributed by atoms with Crippen molar-refractivity contribution in [3.63, 3.8) is 0 Å². The maximum atomic E-state index is 12.3. The second-order valence-corrected chi connectivity index (χ2v) is 7.41. The monoisotopic (exact) mass is 366 g/mol. The summed E-state index contributed by atoms with van der Waals surface area (Å²) < 4.78 is 1.34. The molecule has 1 aromatic carbocycles. The third-order valence-corrected chi connectivity index (χ3v) is 5.77. The van der Waals surface area contributed by atoms with Gasteiger partial charge in [-0.05, 0) is 34.5 Å². The second-order valence-electron chi connectivity index (χ2n) is 6.50. The van der Waals surface area contributed by atoms with Crippen molar-refractivity contribution in [2.24, 2.45) is 0 Å². The summed E-state index contributed by atoms with van der Waals surface area (Å²) in [7, 11) is 0. The summed E-state index contributed by atoms with van der Waals surface area (Å²) in [6.07, 6.45) is 1.74. The van der Waals surface area contributed by atoms with Crippen LogP contribution in [0.2, 0.25) is 0 Å². The number of amides is 2. The predicted octanol–water partition coefficient (Wildman–Crippen LogP) is 3.32. The molecule has 6 heteroatoms. The third kappa shape index (κ3) is 3.86. The van der Waals surface area contributed by atoms with Gasteiger partial charge in [0.1, 0.15) is 0 Å². The number of nitrogens with one attached hydrogen (secondary N) is 1. The van der Waals surface area contributed by atoms with Crippen LogP contribution in [0.1, 0.15) is 11.3 Å². The van der Waals surface area contributed by atoms with Crippen molar-refractivity contribution in [1.29, 1.82) is 0 Å². The number of nitrogens with zero attached hydrogens (tertiary/aromatic N) is 3. The van der Waals surface area contributed by atoms with E-state index in [0.717, 1.165) is 38.4 Å². The average molecular weight is 366 g/mol. The molecule has 1 aliphatic rings. The van der Waals surface area contributed by atoms with Gasteiger partial charge in [-0.3, -0.25) is 9.88 Å². The molecule has 134 valence electrons. The summed E-state index contributed by atoms with van der Waals surface area (Å²) in [5, 5.41) is 6.58. The first-order chi connectivity index (χ1) is 12.8. The number of hydrogen-bond donors (Lipinski definition) is 1. The Balaban J connectivity index is 1.28. The molecule has 26 heavy (non-hydrogen) atoms. The maximum Gasteiger partial charge on any atom is 0.317 e. The lowest BCUT2D eigenvalue weighted by Crippen LogP contribution is -2.51. The van der Waals surface area contributed by atoms with Crippen molar-refractivity contribution in [3.05, 3.63) is 65.3 Å². The van der Waals surface area contributed by atoms with Crippen LogP contribution < -0.4 is 5.32 Å². The molecular formula is C20H22N4OS. The molecule has 0 spiro atoms. The Morgan fingerprint density at radius 3 is 2.69 bits per heavy atom. The molecule has 1 aliphatic heterocycles. The van der Waals surface area contributed by atoms with Crippen LogP contribution in [-0.4, -0.2) is 47.0 Å². The van der Waals surface area contributed by atoms with Gasteiger partial charge in [0.15, 0.2) is 0 Å². The Kier molecular flexibility index (Phi) is 5.13. The molecular weight excluding hydrogens is 344 g/mol. The van der Waals surface area contributed by atoms with Crippen molar-refractivity contribution in [1.82, 2.24) is 20.1 Å². The van der Waals surface area contributed by atoms with E-state index in [1.165, 1.54) is 15.6 Å². The predicted molar refractivity (Wildman–Crippen MR) is 105 cm³/mol. The smallest absolute Gasteiger partial charge is 0.317 e. The molecule has 1 N–H and O–H groups in total. The van der Waals surface area contributed by atoms with E-state index in [-0.39, 0.29) is 6.03 Å². The van der Waals surface area contributed by atoms with Gasteiger partial charge in [0, 0.05) is 43.6 Å². The molecule has 1 saturated heterocycles. The number of benzene rings is 1. The first-order valence-corrected chi connectivity index (χ1v) is 9.78. The molecule has 4 rings (SSSR count). The summed E-state index contributed by atoms with van der Waals surface area (Å²) >= 11 is 1.81. The van der Waals surface area contributed by atoms with Crippen LogP contribution in [0.25, 0.3) is 10.1 Å². The van der Waals surface area contributed by atoms with Gasteiger partial charge in [0.25, 0.3) is 0 Å². The molecule has 0 atom stereocenters. The highest BCUT2D eigenvalue weighted by Gasteiger charge is 2.21. The summed E-state index contributed by atoms with van der Waals surface area (Å²) in [4.78, 5) is 20.9. The highest BCUT2D eigenvalue weighted by molar-refractivity contribution is 7.17. The Hall–Kier alpha value is -2.44. The van der Waals surface area contributed by atoms with Crippen LogP contribution in [0.4, 0.5) is 4.79 Å². The number of pyridine rings is 1. The lowest BCUT2D eigenvalue weighted by atomic mass is 10.1. The quantitative estimate of drug-likeness (QED) is 0.771. The summed E-state index contributed by atoms with van der Waals surface area (Å²) in [6, 6.07) is 14.3. The number of fused-ring (bicyclic) bond motifs is 1. The first-order valence-electron chi connectivity index (χ1n) is 8.90. The number of hydrogen-bond acceptors (Lipinski definition) is 4. The van der Waals surface area contributed by atoms with Gasteiger partial charge in [-0.2, -0.15) is 0 Å². The lowest BCUT2D eigenvalue weighted by Gasteiger charge is -2.34. The van der Waals surface area contributed by atoms with Crippen molar-refractivity contribution >= 4 is 27.5 Å². The van der Waals surface area contributed by atoms with Crippen molar-refractivity contribution in [3.8, 4) is 0 Å². The Morgan fingerprint density at radius 1 is 1.08 bits per heavy atom. The van der Waals surface area contributed by atoms with E-state index in [0.29, 0.717) is 6.54 Å². The standard InChI is InChI=1S/C20H22N4OS/c25-20(22-13-17-5-3-4-8-21-17)24-11-9-23(10-12-24)14-16-15-26-19-7-2-1-6-18(16)19/h1-8,15H,9-14H2,(H,22,25). The Bertz CT molecular complexity index is 872. The molecule has 2 amide bonds. The lowest BCUT2D eigenvalue weighted by molar-refractivity contribution is 0.135. The summed E-state index contributed by atoms with van der Waals surface area (Å²) in [6.45, 7) is 4.75. The first kappa shape index (κ1) is 17.0. The fourth-order valence-electron chi connectivity index (χ4n) is 3.29. The van der Waals surface area contributed by atoms with Crippen LogP contribution in [-0.2, 0) is 13.1 Å². The molecule has 0 aliphatic carbocycles. The van der Waals surface area contributed by atoms with Gasteiger partial charge in [-0.25, -0.2) is 4.79 Å². The van der Waals surface area contributed by atoms with Crippen LogP contribution in [0.5, 0.6) is 0 Å². The van der Waals surface area contributed by atoms with E-state index in [2.05, 4.69) is 44.8 Å². The molecule has 1 fully saturated rings. The topological polar surface area (TPSA) is 48.5 Å². The highest BCUT2D eigenvalue weighted by atomic mass is 32.1. The van der Waals surface area contributed by atoms with E-state index in [4.69, 9.17) is 0 Å². The van der Waals surface area contributed by atoms with Crippen LogP contribution in [0, 0.1) is 0 Å². The van der Waals surface area contributed by atoms with Gasteiger partial charge < -0.3 is 10.2 Å². The molecule has 0 saturated carbocycles. The van der Waals surface area contributed by atoms with Crippen LogP contribution >= 0.6 is 11.3 Å².